The van der Waals surface area contributed by atoms with Gasteiger partial charge in [0.15, 0.2) is 0 Å². The number of aliphatic hydroxyl groups is 1. The summed E-state index contributed by atoms with van der Waals surface area (Å²) in [7, 11) is 0. The quantitative estimate of drug-likeness (QED) is 0.372. The summed E-state index contributed by atoms with van der Waals surface area (Å²) < 4.78 is 0. The first-order chi connectivity index (χ1) is 2.89. The molecule has 0 aliphatic carbocycles. The van der Waals surface area contributed by atoms with Gasteiger partial charge in [0.25, 0.3) is 0 Å². The Hall–Kier alpha value is -0.860. The van der Waals surface area contributed by atoms with Gasteiger partial charge in [0, 0.05) is 0 Å². The lowest BCUT2D eigenvalue weighted by Gasteiger charge is -1.86. The molecular weight excluding hydrogens is 80.0 g/mol. The van der Waals surface area contributed by atoms with Crippen molar-refractivity contribution in [2.45, 2.75) is 0 Å². The summed E-state index contributed by atoms with van der Waals surface area (Å²) in [4.78, 5) is 0. The summed E-state index contributed by atoms with van der Waals surface area (Å²) in [6.07, 6.45) is 1.51. The molecule has 0 saturated carbocycles. The fourth-order valence-electron chi connectivity index (χ4n) is 0.340. The third-order valence-electron chi connectivity index (χ3n) is 0.610. The smallest absolute Gasteiger partial charge is 0.201 e. The van der Waals surface area contributed by atoms with Gasteiger partial charge >= 0.3 is 0 Å². The SMILES string of the molecule is OC1=CNCN1. The van der Waals surface area contributed by atoms with Crippen molar-refractivity contribution in [3.63, 3.8) is 0 Å². The molecule has 3 heteroatoms. The van der Waals surface area contributed by atoms with Crippen molar-refractivity contribution in [3.05, 3.63) is 12.1 Å². The van der Waals surface area contributed by atoms with Crippen molar-refractivity contribution in [1.29, 1.82) is 0 Å². The lowest BCUT2D eigenvalue weighted by Crippen LogP contribution is -2.13. The molecule has 0 saturated heterocycles. The van der Waals surface area contributed by atoms with E-state index in [1.807, 2.05) is 0 Å². The third kappa shape index (κ3) is 0.381. The zero-order valence-corrected chi connectivity index (χ0v) is 3.23. The number of hydrogen-bond donors (Lipinski definition) is 3. The van der Waals surface area contributed by atoms with Gasteiger partial charge in [-0.2, -0.15) is 0 Å². The Morgan fingerprint density at radius 1 is 1.83 bits per heavy atom. The van der Waals surface area contributed by atoms with E-state index < -0.39 is 0 Å². The summed E-state index contributed by atoms with van der Waals surface area (Å²) in [6.45, 7) is 0.645. The van der Waals surface area contributed by atoms with Crippen LogP contribution in [0.25, 0.3) is 0 Å². The summed E-state index contributed by atoms with van der Waals surface area (Å²) >= 11 is 0. The molecular formula is C3H6N2O. The van der Waals surface area contributed by atoms with Gasteiger partial charge in [0.2, 0.25) is 5.88 Å². The maximum atomic E-state index is 8.42. The molecule has 0 bridgehead atoms. The predicted molar refractivity (Wildman–Crippen MR) is 21.9 cm³/mol. The molecule has 1 heterocycles. The van der Waals surface area contributed by atoms with Crippen molar-refractivity contribution in [1.82, 2.24) is 10.6 Å². The molecule has 0 spiro atoms. The number of nitrogens with one attached hydrogen (secondary N) is 2. The highest BCUT2D eigenvalue weighted by Crippen LogP contribution is 1.80. The van der Waals surface area contributed by atoms with Crippen LogP contribution in [0, 0.1) is 0 Å². The van der Waals surface area contributed by atoms with E-state index in [2.05, 4.69) is 10.6 Å². The average Bonchev–Trinajstić information content (AvgIpc) is 1.86. The molecule has 6 heavy (non-hydrogen) atoms. The Kier molecular flexibility index (Phi) is 0.602. The van der Waals surface area contributed by atoms with Crippen LogP contribution in [-0.4, -0.2) is 11.8 Å². The highest BCUT2D eigenvalue weighted by molar-refractivity contribution is 4.91. The van der Waals surface area contributed by atoms with E-state index in [0.717, 1.165) is 0 Å². The van der Waals surface area contributed by atoms with E-state index in [9.17, 15) is 0 Å². The van der Waals surface area contributed by atoms with E-state index in [0.29, 0.717) is 6.67 Å². The lowest BCUT2D eigenvalue weighted by atomic mass is 10.9. The molecule has 1 rings (SSSR count). The van der Waals surface area contributed by atoms with E-state index in [1.165, 1.54) is 6.20 Å². The number of rotatable bonds is 0. The molecule has 0 atom stereocenters. The lowest BCUT2D eigenvalue weighted by molar-refractivity contribution is 0.378. The van der Waals surface area contributed by atoms with Crippen LogP contribution in [0.3, 0.4) is 0 Å². The topological polar surface area (TPSA) is 44.3 Å². The van der Waals surface area contributed by atoms with E-state index in [1.54, 1.807) is 0 Å². The van der Waals surface area contributed by atoms with Crippen LogP contribution in [0.1, 0.15) is 0 Å². The standard InChI is InChI=1S/C3H6N2O/c6-3-1-4-2-5-3/h1,4-6H,2H2. The molecule has 0 aromatic carbocycles. The van der Waals surface area contributed by atoms with Crippen LogP contribution < -0.4 is 10.6 Å². The largest absolute Gasteiger partial charge is 0.494 e. The van der Waals surface area contributed by atoms with Gasteiger partial charge in [-0.05, 0) is 0 Å². The second-order valence-corrected chi connectivity index (χ2v) is 1.09. The van der Waals surface area contributed by atoms with Gasteiger partial charge in [0.1, 0.15) is 0 Å². The van der Waals surface area contributed by atoms with Crippen LogP contribution >= 0.6 is 0 Å². The van der Waals surface area contributed by atoms with Gasteiger partial charge < -0.3 is 15.7 Å². The minimum atomic E-state index is 0.218. The Bertz CT molecular complexity index is 78.9. The Balaban J connectivity index is 2.45. The van der Waals surface area contributed by atoms with E-state index >= 15 is 0 Å². The van der Waals surface area contributed by atoms with Gasteiger partial charge in [-0.3, -0.25) is 0 Å². The van der Waals surface area contributed by atoms with Crippen LogP contribution in [0.5, 0.6) is 0 Å². The predicted octanol–water partition coefficient (Wildman–Crippen LogP) is -0.506. The molecule has 0 radical (unpaired) electrons. The van der Waals surface area contributed by atoms with Crippen LogP contribution in [0.4, 0.5) is 0 Å². The van der Waals surface area contributed by atoms with Gasteiger partial charge in [-0.1, -0.05) is 0 Å². The zero-order chi connectivity index (χ0) is 4.41. The van der Waals surface area contributed by atoms with Crippen LogP contribution in [0.15, 0.2) is 12.1 Å². The molecule has 1 aliphatic heterocycles. The monoisotopic (exact) mass is 86.0 g/mol. The molecule has 1 aliphatic rings. The third-order valence-corrected chi connectivity index (χ3v) is 0.610. The Morgan fingerprint density at radius 2 is 2.67 bits per heavy atom. The van der Waals surface area contributed by atoms with Gasteiger partial charge in [0.05, 0.1) is 12.9 Å². The van der Waals surface area contributed by atoms with Crippen LogP contribution in [-0.2, 0) is 0 Å². The first-order valence-corrected chi connectivity index (χ1v) is 1.76. The maximum Gasteiger partial charge on any atom is 0.201 e. The molecule has 0 unspecified atom stereocenters. The Morgan fingerprint density at radius 3 is 2.83 bits per heavy atom. The summed E-state index contributed by atoms with van der Waals surface area (Å²) in [5.74, 6) is 0.218. The molecule has 3 N–H and O–H groups in total. The molecule has 3 nitrogen and oxygen atoms in total. The first-order valence-electron chi connectivity index (χ1n) is 1.76. The van der Waals surface area contributed by atoms with E-state index in [-0.39, 0.29) is 5.88 Å². The fraction of sp³-hybridized carbons (Fsp3) is 0.333. The highest BCUT2D eigenvalue weighted by atomic mass is 16.3. The molecule has 34 valence electrons. The fourth-order valence-corrected chi connectivity index (χ4v) is 0.340. The maximum absolute atomic E-state index is 8.42. The van der Waals surface area contributed by atoms with Crippen molar-refractivity contribution in [3.8, 4) is 0 Å². The summed E-state index contributed by atoms with van der Waals surface area (Å²) in [5.41, 5.74) is 0. The van der Waals surface area contributed by atoms with Crippen LogP contribution in [0.2, 0.25) is 0 Å². The molecule has 0 fully saturated rings. The molecule has 0 aromatic heterocycles. The first kappa shape index (κ1) is 3.33. The molecule has 0 amide bonds. The second kappa shape index (κ2) is 1.08. The summed E-state index contributed by atoms with van der Waals surface area (Å²) in [5, 5.41) is 13.8. The van der Waals surface area contributed by atoms with Crippen molar-refractivity contribution >= 4 is 0 Å². The van der Waals surface area contributed by atoms with Crippen molar-refractivity contribution < 1.29 is 5.11 Å². The summed E-state index contributed by atoms with van der Waals surface area (Å²) in [6, 6.07) is 0. The number of hydrogen-bond acceptors (Lipinski definition) is 3. The minimum absolute atomic E-state index is 0.218. The molecule has 0 aromatic rings. The highest BCUT2D eigenvalue weighted by Gasteiger charge is 1.93. The van der Waals surface area contributed by atoms with Crippen molar-refractivity contribution in [2.24, 2.45) is 0 Å². The van der Waals surface area contributed by atoms with Gasteiger partial charge in [-0.15, -0.1) is 0 Å². The Labute approximate surface area is 35.7 Å². The zero-order valence-electron chi connectivity index (χ0n) is 3.23. The van der Waals surface area contributed by atoms with E-state index in [4.69, 9.17) is 5.11 Å². The van der Waals surface area contributed by atoms with Gasteiger partial charge in [-0.25, -0.2) is 0 Å². The number of aliphatic hydroxyl groups excluding tert-OH is 1. The average molecular weight is 86.1 g/mol. The normalized spacial score (nSPS) is 18.3. The second-order valence-electron chi connectivity index (χ2n) is 1.09. The minimum Gasteiger partial charge on any atom is -0.494 e. The van der Waals surface area contributed by atoms with Crippen molar-refractivity contribution in [2.75, 3.05) is 6.67 Å².